The van der Waals surface area contributed by atoms with Crippen LogP contribution in [-0.4, -0.2) is 108 Å². The van der Waals surface area contributed by atoms with E-state index >= 15 is 0 Å². The molecule has 0 aromatic heterocycles. The van der Waals surface area contributed by atoms with E-state index in [9.17, 15) is 14.4 Å². The van der Waals surface area contributed by atoms with Crippen molar-refractivity contribution in [1.29, 1.82) is 0 Å². The van der Waals surface area contributed by atoms with E-state index < -0.39 is 0 Å². The van der Waals surface area contributed by atoms with E-state index in [4.69, 9.17) is 28.4 Å². The van der Waals surface area contributed by atoms with Crippen molar-refractivity contribution >= 4 is 18.2 Å². The maximum atomic E-state index is 12.7. The molecule has 0 aromatic carbocycles. The van der Waals surface area contributed by atoms with E-state index in [1.807, 2.05) is 0 Å². The summed E-state index contributed by atoms with van der Waals surface area (Å²) in [6.45, 7) is 16.0. The van der Waals surface area contributed by atoms with Crippen LogP contribution in [0.15, 0.2) is 0 Å². The van der Waals surface area contributed by atoms with Crippen molar-refractivity contribution in [2.24, 2.45) is 0 Å². The standard InChI is InChI=1S/C49H95NO9/c1-5-9-13-27-38-54-42-46(43-55-39-28-14-10-6-2)58-48(52)32-23-19-17-21-25-34-50(36-31-37-51)35-26-22-18-20-24-33-49(53)59-47(44-56-40-29-15-11-7-3)45-57-41-30-16-12-8-4/h37,46-47H,5-36,38-45H2,1-4H3. The van der Waals surface area contributed by atoms with Crippen LogP contribution in [0.3, 0.4) is 0 Å². The molecule has 59 heavy (non-hydrogen) atoms. The van der Waals surface area contributed by atoms with Crippen LogP contribution in [0.5, 0.6) is 0 Å². The van der Waals surface area contributed by atoms with Gasteiger partial charge in [-0.15, -0.1) is 0 Å². The number of carbonyl (C=O) groups excluding carboxylic acids is 3. The van der Waals surface area contributed by atoms with Gasteiger partial charge in [0.2, 0.25) is 0 Å². The molecule has 0 N–H and O–H groups in total. The summed E-state index contributed by atoms with van der Waals surface area (Å²) in [4.78, 5) is 38.9. The van der Waals surface area contributed by atoms with Crippen LogP contribution in [-0.2, 0) is 42.8 Å². The maximum absolute atomic E-state index is 12.7. The molecule has 0 aliphatic rings. The second-order valence-electron chi connectivity index (χ2n) is 16.6. The maximum Gasteiger partial charge on any atom is 0.306 e. The van der Waals surface area contributed by atoms with Crippen molar-refractivity contribution in [1.82, 2.24) is 4.90 Å². The lowest BCUT2D eigenvalue weighted by Crippen LogP contribution is -2.29. The highest BCUT2D eigenvalue weighted by molar-refractivity contribution is 5.69. The minimum Gasteiger partial charge on any atom is -0.457 e. The fraction of sp³-hybridized carbons (Fsp3) is 0.939. The van der Waals surface area contributed by atoms with E-state index in [0.717, 1.165) is 116 Å². The summed E-state index contributed by atoms with van der Waals surface area (Å²) < 4.78 is 35.0. The van der Waals surface area contributed by atoms with Gasteiger partial charge in [0.05, 0.1) is 26.4 Å². The number of hydrogen-bond donors (Lipinski definition) is 0. The Morgan fingerprint density at radius 1 is 0.407 bits per heavy atom. The summed E-state index contributed by atoms with van der Waals surface area (Å²) in [6, 6.07) is 0. The van der Waals surface area contributed by atoms with Gasteiger partial charge in [0, 0.05) is 52.2 Å². The van der Waals surface area contributed by atoms with Gasteiger partial charge in [-0.1, -0.05) is 143 Å². The summed E-state index contributed by atoms with van der Waals surface area (Å²) in [7, 11) is 0. The van der Waals surface area contributed by atoms with Crippen LogP contribution in [0, 0.1) is 0 Å². The first-order chi connectivity index (χ1) is 29.0. The number of unbranched alkanes of at least 4 members (excludes halogenated alkanes) is 20. The van der Waals surface area contributed by atoms with E-state index in [1.54, 1.807) is 0 Å². The zero-order chi connectivity index (χ0) is 43.1. The molecule has 0 aliphatic carbocycles. The fourth-order valence-corrected chi connectivity index (χ4v) is 6.95. The Hall–Kier alpha value is -1.59. The largest absolute Gasteiger partial charge is 0.457 e. The van der Waals surface area contributed by atoms with Crippen molar-refractivity contribution in [2.45, 2.75) is 226 Å². The lowest BCUT2D eigenvalue weighted by atomic mass is 10.1. The molecule has 0 aromatic rings. The highest BCUT2D eigenvalue weighted by Crippen LogP contribution is 2.13. The summed E-state index contributed by atoms with van der Waals surface area (Å²) in [5, 5.41) is 0. The van der Waals surface area contributed by atoms with Gasteiger partial charge in [0.25, 0.3) is 0 Å². The smallest absolute Gasteiger partial charge is 0.306 e. The van der Waals surface area contributed by atoms with Crippen LogP contribution in [0.2, 0.25) is 0 Å². The van der Waals surface area contributed by atoms with Gasteiger partial charge in [-0.25, -0.2) is 0 Å². The molecule has 0 aliphatic heterocycles. The topological polar surface area (TPSA) is 110 Å². The molecule has 0 amide bonds. The zero-order valence-corrected chi connectivity index (χ0v) is 39.1. The van der Waals surface area contributed by atoms with E-state index in [2.05, 4.69) is 32.6 Å². The molecule has 10 nitrogen and oxygen atoms in total. The van der Waals surface area contributed by atoms with E-state index in [0.29, 0.717) is 72.1 Å². The molecule has 0 saturated carbocycles. The third-order valence-electron chi connectivity index (χ3n) is 10.7. The molecular weight excluding hydrogens is 747 g/mol. The first-order valence-electron chi connectivity index (χ1n) is 24.9. The van der Waals surface area contributed by atoms with E-state index in [1.165, 1.54) is 77.0 Å². The van der Waals surface area contributed by atoms with E-state index in [-0.39, 0.29) is 24.1 Å². The first-order valence-corrected chi connectivity index (χ1v) is 24.9. The van der Waals surface area contributed by atoms with Gasteiger partial charge in [-0.3, -0.25) is 9.59 Å². The molecule has 0 unspecified atom stereocenters. The van der Waals surface area contributed by atoms with Crippen molar-refractivity contribution in [3.05, 3.63) is 0 Å². The molecule has 350 valence electrons. The lowest BCUT2D eigenvalue weighted by molar-refractivity contribution is -0.157. The monoisotopic (exact) mass is 842 g/mol. The highest BCUT2D eigenvalue weighted by Gasteiger charge is 2.17. The number of hydrogen-bond acceptors (Lipinski definition) is 10. The predicted octanol–water partition coefficient (Wildman–Crippen LogP) is 11.8. The molecule has 0 radical (unpaired) electrons. The highest BCUT2D eigenvalue weighted by atomic mass is 16.6. The van der Waals surface area contributed by atoms with Gasteiger partial charge in [0.1, 0.15) is 18.5 Å². The second-order valence-corrected chi connectivity index (χ2v) is 16.6. The quantitative estimate of drug-likeness (QED) is 0.0333. The number of rotatable bonds is 49. The van der Waals surface area contributed by atoms with Crippen LogP contribution >= 0.6 is 0 Å². The zero-order valence-electron chi connectivity index (χ0n) is 39.1. The molecule has 0 saturated heterocycles. The molecule has 0 rings (SSSR count). The molecular formula is C49H95NO9. The number of aldehydes is 1. The molecule has 0 spiro atoms. The SMILES string of the molecule is CCCCCCOCC(COCCCCCC)OC(=O)CCCCCCCN(CCC=O)CCCCCCCC(=O)OC(COCCCCCC)COCCCCCC. The Kier molecular flexibility index (Phi) is 46.2. The minimum atomic E-state index is -0.343. The van der Waals surface area contributed by atoms with Crippen molar-refractivity contribution in [2.75, 3.05) is 72.5 Å². The van der Waals surface area contributed by atoms with Crippen molar-refractivity contribution < 1.29 is 42.8 Å². The lowest BCUT2D eigenvalue weighted by Gasteiger charge is -2.21. The molecule has 10 heteroatoms. The molecule has 0 atom stereocenters. The minimum absolute atomic E-state index is 0.157. The number of ether oxygens (including phenoxy) is 6. The van der Waals surface area contributed by atoms with Crippen molar-refractivity contribution in [3.63, 3.8) is 0 Å². The average Bonchev–Trinajstić information content (AvgIpc) is 3.23. The third-order valence-corrected chi connectivity index (χ3v) is 10.7. The van der Waals surface area contributed by atoms with Gasteiger partial charge in [-0.05, 0) is 64.5 Å². The van der Waals surface area contributed by atoms with Gasteiger partial charge >= 0.3 is 11.9 Å². The fourth-order valence-electron chi connectivity index (χ4n) is 6.95. The Morgan fingerprint density at radius 2 is 0.712 bits per heavy atom. The Morgan fingerprint density at radius 3 is 1.03 bits per heavy atom. The molecule has 0 bridgehead atoms. The summed E-state index contributed by atoms with van der Waals surface area (Å²) in [5.41, 5.74) is 0. The van der Waals surface area contributed by atoms with Gasteiger partial charge in [0.15, 0.2) is 0 Å². The summed E-state index contributed by atoms with van der Waals surface area (Å²) >= 11 is 0. The Balaban J connectivity index is 4.29. The van der Waals surface area contributed by atoms with Crippen LogP contribution in [0.25, 0.3) is 0 Å². The van der Waals surface area contributed by atoms with Crippen LogP contribution in [0.4, 0.5) is 0 Å². The predicted molar refractivity (Wildman–Crippen MR) is 242 cm³/mol. The Labute approximate surface area is 363 Å². The van der Waals surface area contributed by atoms with Gasteiger partial charge in [-0.2, -0.15) is 0 Å². The normalized spacial score (nSPS) is 11.6. The summed E-state index contributed by atoms with van der Waals surface area (Å²) in [5.74, 6) is -0.314. The molecule has 0 fully saturated rings. The average molecular weight is 842 g/mol. The Bertz CT molecular complexity index is 796. The molecule has 0 heterocycles. The van der Waals surface area contributed by atoms with Gasteiger partial charge < -0.3 is 38.1 Å². The van der Waals surface area contributed by atoms with Crippen LogP contribution < -0.4 is 0 Å². The second kappa shape index (κ2) is 47.5. The number of carbonyl (C=O) groups is 3. The van der Waals surface area contributed by atoms with Crippen LogP contribution in [0.1, 0.15) is 214 Å². The van der Waals surface area contributed by atoms with Crippen molar-refractivity contribution in [3.8, 4) is 0 Å². The number of esters is 2. The number of nitrogens with zero attached hydrogens (tertiary/aromatic N) is 1. The first kappa shape index (κ1) is 57.4. The summed E-state index contributed by atoms with van der Waals surface area (Å²) in [6.07, 6.45) is 30.5. The third kappa shape index (κ3) is 42.9.